The molecule has 1 aromatic heterocycles. The van der Waals surface area contributed by atoms with Crippen LogP contribution in [-0.2, 0) is 11.3 Å². The molecule has 4 nitrogen and oxygen atoms in total. The molecule has 1 aliphatic carbocycles. The average molecular weight is 222 g/mol. The van der Waals surface area contributed by atoms with Crippen LogP contribution in [0.15, 0.2) is 4.42 Å². The maximum absolute atomic E-state index is 11.7. The van der Waals surface area contributed by atoms with Gasteiger partial charge >= 0.3 is 0 Å². The van der Waals surface area contributed by atoms with E-state index >= 15 is 0 Å². The summed E-state index contributed by atoms with van der Waals surface area (Å²) in [5.74, 6) is 1.77. The molecule has 1 amide bonds. The number of hydrogen-bond donors (Lipinski definition) is 1. The van der Waals surface area contributed by atoms with Crippen molar-refractivity contribution in [2.24, 2.45) is 5.92 Å². The van der Waals surface area contributed by atoms with Crippen LogP contribution in [0.5, 0.6) is 0 Å². The van der Waals surface area contributed by atoms with E-state index in [0.29, 0.717) is 12.4 Å². The van der Waals surface area contributed by atoms with Gasteiger partial charge in [-0.15, -0.1) is 0 Å². The van der Waals surface area contributed by atoms with Crippen LogP contribution in [0.1, 0.15) is 43.0 Å². The molecular formula is C12H18N2O2. The van der Waals surface area contributed by atoms with Gasteiger partial charge in [0.25, 0.3) is 0 Å². The number of oxazole rings is 1. The molecule has 4 heteroatoms. The summed E-state index contributed by atoms with van der Waals surface area (Å²) >= 11 is 0. The standard InChI is InChI=1S/C12H18N2O2/c1-8-9(2)16-11(14-8)7-13-12(15)10-5-3-4-6-10/h10H,3-7H2,1-2H3,(H,13,15). The van der Waals surface area contributed by atoms with Crippen molar-refractivity contribution in [2.75, 3.05) is 0 Å². The monoisotopic (exact) mass is 222 g/mol. The third kappa shape index (κ3) is 2.43. The molecule has 1 aliphatic rings. The molecule has 1 heterocycles. The van der Waals surface area contributed by atoms with Crippen molar-refractivity contribution in [2.45, 2.75) is 46.1 Å². The van der Waals surface area contributed by atoms with E-state index in [1.807, 2.05) is 13.8 Å². The SMILES string of the molecule is Cc1nc(CNC(=O)C2CCCC2)oc1C. The molecule has 1 saturated carbocycles. The molecule has 1 fully saturated rings. The minimum absolute atomic E-state index is 0.144. The second-order valence-electron chi connectivity index (χ2n) is 4.45. The van der Waals surface area contributed by atoms with E-state index in [9.17, 15) is 4.79 Å². The fourth-order valence-electron chi connectivity index (χ4n) is 2.11. The molecule has 1 aromatic rings. The lowest BCUT2D eigenvalue weighted by Crippen LogP contribution is -2.28. The number of hydrogen-bond acceptors (Lipinski definition) is 3. The summed E-state index contributed by atoms with van der Waals surface area (Å²) in [5, 5.41) is 2.89. The molecule has 0 spiro atoms. The summed E-state index contributed by atoms with van der Waals surface area (Å²) in [6.07, 6.45) is 4.40. The Morgan fingerprint density at radius 2 is 2.12 bits per heavy atom. The maximum atomic E-state index is 11.7. The number of aromatic nitrogens is 1. The van der Waals surface area contributed by atoms with Crippen LogP contribution in [0.2, 0.25) is 0 Å². The molecule has 0 unspecified atom stereocenters. The molecule has 0 aliphatic heterocycles. The van der Waals surface area contributed by atoms with Gasteiger partial charge in [0.05, 0.1) is 12.2 Å². The number of nitrogens with one attached hydrogen (secondary N) is 1. The summed E-state index contributed by atoms with van der Waals surface area (Å²) in [6, 6.07) is 0. The Balaban J connectivity index is 1.84. The Kier molecular flexibility index (Phi) is 3.27. The number of rotatable bonds is 3. The Hall–Kier alpha value is -1.32. The fourth-order valence-corrected chi connectivity index (χ4v) is 2.11. The second kappa shape index (κ2) is 4.68. The first kappa shape index (κ1) is 11.2. The van der Waals surface area contributed by atoms with Crippen molar-refractivity contribution >= 4 is 5.91 Å². The lowest BCUT2D eigenvalue weighted by atomic mass is 10.1. The minimum atomic E-state index is 0.144. The van der Waals surface area contributed by atoms with Gasteiger partial charge in [-0.25, -0.2) is 4.98 Å². The van der Waals surface area contributed by atoms with Gasteiger partial charge in [-0.2, -0.15) is 0 Å². The number of amides is 1. The first-order valence-corrected chi connectivity index (χ1v) is 5.87. The predicted molar refractivity (Wildman–Crippen MR) is 59.8 cm³/mol. The van der Waals surface area contributed by atoms with Crippen molar-refractivity contribution < 1.29 is 9.21 Å². The van der Waals surface area contributed by atoms with Gasteiger partial charge < -0.3 is 9.73 Å². The van der Waals surface area contributed by atoms with E-state index in [1.54, 1.807) is 0 Å². The van der Waals surface area contributed by atoms with Crippen LogP contribution in [0.4, 0.5) is 0 Å². The van der Waals surface area contributed by atoms with Gasteiger partial charge in [-0.05, 0) is 26.7 Å². The summed E-state index contributed by atoms with van der Waals surface area (Å²) < 4.78 is 5.40. The van der Waals surface area contributed by atoms with Crippen LogP contribution >= 0.6 is 0 Å². The van der Waals surface area contributed by atoms with Gasteiger partial charge in [-0.1, -0.05) is 12.8 Å². The molecule has 0 saturated heterocycles. The molecule has 88 valence electrons. The quantitative estimate of drug-likeness (QED) is 0.852. The van der Waals surface area contributed by atoms with Gasteiger partial charge in [0.15, 0.2) is 0 Å². The summed E-state index contributed by atoms with van der Waals surface area (Å²) in [5.41, 5.74) is 0.894. The highest BCUT2D eigenvalue weighted by Crippen LogP contribution is 2.24. The van der Waals surface area contributed by atoms with E-state index < -0.39 is 0 Å². The Morgan fingerprint density at radius 3 is 2.69 bits per heavy atom. The highest BCUT2D eigenvalue weighted by Gasteiger charge is 2.22. The lowest BCUT2D eigenvalue weighted by molar-refractivity contribution is -0.125. The third-order valence-corrected chi connectivity index (χ3v) is 3.21. The number of carbonyl (C=O) groups is 1. The highest BCUT2D eigenvalue weighted by atomic mass is 16.4. The normalized spacial score (nSPS) is 16.6. The minimum Gasteiger partial charge on any atom is -0.444 e. The largest absolute Gasteiger partial charge is 0.444 e. The van der Waals surface area contributed by atoms with E-state index in [4.69, 9.17) is 4.42 Å². The molecule has 0 bridgehead atoms. The van der Waals surface area contributed by atoms with Crippen molar-refractivity contribution in [3.05, 3.63) is 17.3 Å². The average Bonchev–Trinajstić information content (AvgIpc) is 2.86. The number of nitrogens with zero attached hydrogens (tertiary/aromatic N) is 1. The zero-order valence-electron chi connectivity index (χ0n) is 9.88. The van der Waals surface area contributed by atoms with Crippen molar-refractivity contribution in [3.8, 4) is 0 Å². The molecular weight excluding hydrogens is 204 g/mol. The van der Waals surface area contributed by atoms with Gasteiger partial charge in [0, 0.05) is 5.92 Å². The van der Waals surface area contributed by atoms with Gasteiger partial charge in [-0.3, -0.25) is 4.79 Å². The smallest absolute Gasteiger partial charge is 0.223 e. The first-order valence-electron chi connectivity index (χ1n) is 5.87. The van der Waals surface area contributed by atoms with E-state index in [-0.39, 0.29) is 11.8 Å². The van der Waals surface area contributed by atoms with Crippen LogP contribution in [0.25, 0.3) is 0 Å². The van der Waals surface area contributed by atoms with Crippen LogP contribution in [0.3, 0.4) is 0 Å². The summed E-state index contributed by atoms with van der Waals surface area (Å²) in [7, 11) is 0. The predicted octanol–water partition coefficient (Wildman–Crippen LogP) is 2.10. The molecule has 0 aromatic carbocycles. The molecule has 0 atom stereocenters. The Morgan fingerprint density at radius 1 is 1.44 bits per heavy atom. The molecule has 16 heavy (non-hydrogen) atoms. The summed E-state index contributed by atoms with van der Waals surface area (Å²) in [4.78, 5) is 16.0. The lowest BCUT2D eigenvalue weighted by Gasteiger charge is -2.08. The number of aryl methyl sites for hydroxylation is 2. The van der Waals surface area contributed by atoms with E-state index in [1.165, 1.54) is 12.8 Å². The zero-order valence-corrected chi connectivity index (χ0v) is 9.88. The van der Waals surface area contributed by atoms with Gasteiger partial charge in [0.1, 0.15) is 5.76 Å². The maximum Gasteiger partial charge on any atom is 0.223 e. The Labute approximate surface area is 95.4 Å². The second-order valence-corrected chi connectivity index (χ2v) is 4.45. The molecule has 2 rings (SSSR count). The van der Waals surface area contributed by atoms with Crippen LogP contribution in [0, 0.1) is 19.8 Å². The zero-order chi connectivity index (χ0) is 11.5. The first-order chi connectivity index (χ1) is 7.66. The van der Waals surface area contributed by atoms with E-state index in [0.717, 1.165) is 24.3 Å². The molecule has 1 N–H and O–H groups in total. The van der Waals surface area contributed by atoms with Gasteiger partial charge in [0.2, 0.25) is 11.8 Å². The van der Waals surface area contributed by atoms with E-state index in [2.05, 4.69) is 10.3 Å². The Bertz CT molecular complexity index is 359. The molecule has 0 radical (unpaired) electrons. The third-order valence-electron chi connectivity index (χ3n) is 3.21. The van der Waals surface area contributed by atoms with Crippen molar-refractivity contribution in [3.63, 3.8) is 0 Å². The van der Waals surface area contributed by atoms with Crippen molar-refractivity contribution in [1.29, 1.82) is 0 Å². The van der Waals surface area contributed by atoms with Crippen LogP contribution < -0.4 is 5.32 Å². The summed E-state index contributed by atoms with van der Waals surface area (Å²) in [6.45, 7) is 4.19. The fraction of sp³-hybridized carbons (Fsp3) is 0.667. The highest BCUT2D eigenvalue weighted by molar-refractivity contribution is 5.78. The number of carbonyl (C=O) groups excluding carboxylic acids is 1. The topological polar surface area (TPSA) is 55.1 Å². The van der Waals surface area contributed by atoms with Crippen molar-refractivity contribution in [1.82, 2.24) is 10.3 Å². The van der Waals surface area contributed by atoms with Crippen LogP contribution in [-0.4, -0.2) is 10.9 Å².